The summed E-state index contributed by atoms with van der Waals surface area (Å²) in [6.07, 6.45) is 0.531. The smallest absolute Gasteiger partial charge is 0.291 e. The molecule has 1 aromatic heterocycles. The van der Waals surface area contributed by atoms with Gasteiger partial charge in [0, 0.05) is 6.42 Å². The van der Waals surface area contributed by atoms with Crippen LogP contribution >= 0.6 is 0 Å². The molecule has 2 amide bonds. The van der Waals surface area contributed by atoms with E-state index in [9.17, 15) is 9.59 Å². The SMILES string of the molecule is O=C(N[C@H]1COc2ccccc2NC1=O)c1n[nH]c(Cc2ccccc2)n1. The molecule has 4 rings (SSSR count). The zero-order chi connectivity index (χ0) is 18.6. The number of ether oxygens (including phenoxy) is 1. The van der Waals surface area contributed by atoms with Gasteiger partial charge in [-0.3, -0.25) is 14.7 Å². The minimum Gasteiger partial charge on any atom is -0.489 e. The van der Waals surface area contributed by atoms with Gasteiger partial charge in [0.2, 0.25) is 5.82 Å². The number of para-hydroxylation sites is 2. The van der Waals surface area contributed by atoms with Crippen molar-refractivity contribution in [3.8, 4) is 5.75 Å². The molecule has 8 nitrogen and oxygen atoms in total. The molecular formula is C19H17N5O3. The number of carbonyl (C=O) groups is 2. The lowest BCUT2D eigenvalue weighted by atomic mass is 10.1. The number of aromatic amines is 1. The molecule has 0 radical (unpaired) electrons. The van der Waals surface area contributed by atoms with E-state index in [1.807, 2.05) is 36.4 Å². The first-order valence-electron chi connectivity index (χ1n) is 8.48. The Bertz CT molecular complexity index is 970. The van der Waals surface area contributed by atoms with Crippen molar-refractivity contribution in [3.05, 3.63) is 71.8 Å². The molecule has 0 saturated heterocycles. The third-order valence-electron chi connectivity index (χ3n) is 4.12. The molecule has 0 fully saturated rings. The summed E-state index contributed by atoms with van der Waals surface area (Å²) < 4.78 is 5.61. The summed E-state index contributed by atoms with van der Waals surface area (Å²) in [4.78, 5) is 29.0. The van der Waals surface area contributed by atoms with Gasteiger partial charge in [0.15, 0.2) is 0 Å². The molecule has 0 saturated carbocycles. The lowest BCUT2D eigenvalue weighted by Crippen LogP contribution is -2.46. The monoisotopic (exact) mass is 363 g/mol. The fourth-order valence-corrected chi connectivity index (χ4v) is 2.76. The Balaban J connectivity index is 1.41. The molecule has 27 heavy (non-hydrogen) atoms. The molecule has 1 aliphatic heterocycles. The molecular weight excluding hydrogens is 346 g/mol. The highest BCUT2D eigenvalue weighted by atomic mass is 16.5. The van der Waals surface area contributed by atoms with Gasteiger partial charge in [0.1, 0.15) is 24.2 Å². The molecule has 2 aromatic carbocycles. The van der Waals surface area contributed by atoms with E-state index in [-0.39, 0.29) is 18.3 Å². The van der Waals surface area contributed by atoms with Gasteiger partial charge in [0.25, 0.3) is 11.8 Å². The molecule has 1 atom stereocenters. The number of benzene rings is 2. The summed E-state index contributed by atoms with van der Waals surface area (Å²) in [7, 11) is 0. The largest absolute Gasteiger partial charge is 0.489 e. The number of H-pyrrole nitrogens is 1. The Labute approximate surface area is 155 Å². The highest BCUT2D eigenvalue weighted by Gasteiger charge is 2.27. The minimum atomic E-state index is -0.846. The van der Waals surface area contributed by atoms with E-state index in [0.717, 1.165) is 5.56 Å². The number of nitrogens with zero attached hydrogens (tertiary/aromatic N) is 2. The van der Waals surface area contributed by atoms with Crippen LogP contribution in [0.3, 0.4) is 0 Å². The number of aromatic nitrogens is 3. The van der Waals surface area contributed by atoms with Crippen molar-refractivity contribution in [1.82, 2.24) is 20.5 Å². The minimum absolute atomic E-state index is 0.0181. The van der Waals surface area contributed by atoms with Gasteiger partial charge >= 0.3 is 0 Å². The van der Waals surface area contributed by atoms with Crippen LogP contribution in [0, 0.1) is 0 Å². The van der Waals surface area contributed by atoms with E-state index >= 15 is 0 Å². The first-order valence-corrected chi connectivity index (χ1v) is 8.48. The Morgan fingerprint density at radius 2 is 1.93 bits per heavy atom. The van der Waals surface area contributed by atoms with Crippen molar-refractivity contribution >= 4 is 17.5 Å². The van der Waals surface area contributed by atoms with Crippen LogP contribution in [-0.4, -0.2) is 39.6 Å². The van der Waals surface area contributed by atoms with Gasteiger partial charge < -0.3 is 15.4 Å². The predicted molar refractivity (Wildman–Crippen MR) is 97.5 cm³/mol. The van der Waals surface area contributed by atoms with Gasteiger partial charge in [-0.1, -0.05) is 42.5 Å². The van der Waals surface area contributed by atoms with Gasteiger partial charge in [-0.05, 0) is 17.7 Å². The third kappa shape index (κ3) is 3.79. The second kappa shape index (κ2) is 7.28. The molecule has 0 unspecified atom stereocenters. The van der Waals surface area contributed by atoms with Crippen LogP contribution in [0.15, 0.2) is 54.6 Å². The lowest BCUT2D eigenvalue weighted by Gasteiger charge is -2.13. The summed E-state index contributed by atoms with van der Waals surface area (Å²) in [5, 5.41) is 12.1. The molecule has 8 heteroatoms. The lowest BCUT2D eigenvalue weighted by molar-refractivity contribution is -0.118. The normalized spacial score (nSPS) is 15.9. The van der Waals surface area contributed by atoms with Gasteiger partial charge in [-0.25, -0.2) is 4.98 Å². The Hall–Kier alpha value is -3.68. The summed E-state index contributed by atoms with van der Waals surface area (Å²) in [6, 6.07) is 16.0. The fraction of sp³-hybridized carbons (Fsp3) is 0.158. The average molecular weight is 363 g/mol. The number of nitrogens with one attached hydrogen (secondary N) is 3. The van der Waals surface area contributed by atoms with Crippen molar-refractivity contribution in [2.75, 3.05) is 11.9 Å². The van der Waals surface area contributed by atoms with E-state index in [1.54, 1.807) is 18.2 Å². The van der Waals surface area contributed by atoms with E-state index in [0.29, 0.717) is 23.7 Å². The second-order valence-corrected chi connectivity index (χ2v) is 6.09. The zero-order valence-corrected chi connectivity index (χ0v) is 14.3. The number of hydrogen-bond donors (Lipinski definition) is 3. The first kappa shape index (κ1) is 16.8. The number of hydrogen-bond acceptors (Lipinski definition) is 5. The molecule has 3 aromatic rings. The number of carbonyl (C=O) groups excluding carboxylic acids is 2. The standard InChI is InChI=1S/C19H17N5O3/c25-18-14(11-27-15-9-5-4-8-13(15)20-18)21-19(26)17-22-16(23-24-17)10-12-6-2-1-3-7-12/h1-9,14H,10-11H2,(H,20,25)(H,21,26)(H,22,23,24)/t14-/m0/s1. The van der Waals surface area contributed by atoms with Crippen molar-refractivity contribution in [2.45, 2.75) is 12.5 Å². The summed E-state index contributed by atoms with van der Waals surface area (Å²) in [5.41, 5.74) is 1.62. The van der Waals surface area contributed by atoms with Crippen molar-refractivity contribution in [3.63, 3.8) is 0 Å². The third-order valence-corrected chi connectivity index (χ3v) is 4.12. The average Bonchev–Trinajstić information content (AvgIpc) is 3.09. The highest BCUT2D eigenvalue weighted by Crippen LogP contribution is 2.26. The van der Waals surface area contributed by atoms with Crippen LogP contribution in [0.4, 0.5) is 5.69 Å². The number of rotatable bonds is 4. The molecule has 0 aliphatic carbocycles. The van der Waals surface area contributed by atoms with Crippen LogP contribution in [0.5, 0.6) is 5.75 Å². The maximum absolute atomic E-state index is 12.4. The highest BCUT2D eigenvalue weighted by molar-refractivity contribution is 6.01. The second-order valence-electron chi connectivity index (χ2n) is 6.09. The van der Waals surface area contributed by atoms with E-state index < -0.39 is 11.9 Å². The number of anilines is 1. The van der Waals surface area contributed by atoms with Crippen molar-refractivity contribution < 1.29 is 14.3 Å². The van der Waals surface area contributed by atoms with Crippen molar-refractivity contribution in [2.24, 2.45) is 0 Å². The zero-order valence-electron chi connectivity index (χ0n) is 14.3. The molecule has 3 N–H and O–H groups in total. The molecule has 2 heterocycles. The summed E-state index contributed by atoms with van der Waals surface area (Å²) in [6.45, 7) is 0.0237. The molecule has 1 aliphatic rings. The summed E-state index contributed by atoms with van der Waals surface area (Å²) in [5.74, 6) is 0.218. The van der Waals surface area contributed by atoms with Crippen molar-refractivity contribution in [1.29, 1.82) is 0 Å². The van der Waals surface area contributed by atoms with E-state index in [1.165, 1.54) is 0 Å². The van der Waals surface area contributed by atoms with Crippen LogP contribution in [-0.2, 0) is 11.2 Å². The van der Waals surface area contributed by atoms with Gasteiger partial charge in [0.05, 0.1) is 5.69 Å². The van der Waals surface area contributed by atoms with Gasteiger partial charge in [-0.2, -0.15) is 0 Å². The van der Waals surface area contributed by atoms with Crippen LogP contribution in [0.2, 0.25) is 0 Å². The Kier molecular flexibility index (Phi) is 4.52. The van der Waals surface area contributed by atoms with Crippen LogP contribution < -0.4 is 15.4 Å². The first-order chi connectivity index (χ1) is 13.2. The Morgan fingerprint density at radius 3 is 2.78 bits per heavy atom. The van der Waals surface area contributed by atoms with Crippen LogP contribution in [0.25, 0.3) is 0 Å². The molecule has 0 spiro atoms. The van der Waals surface area contributed by atoms with E-state index in [2.05, 4.69) is 25.8 Å². The Morgan fingerprint density at radius 1 is 1.15 bits per heavy atom. The maximum Gasteiger partial charge on any atom is 0.291 e. The molecule has 0 bridgehead atoms. The van der Waals surface area contributed by atoms with Crippen LogP contribution in [0.1, 0.15) is 22.0 Å². The fourth-order valence-electron chi connectivity index (χ4n) is 2.76. The quantitative estimate of drug-likeness (QED) is 0.651. The molecule has 136 valence electrons. The van der Waals surface area contributed by atoms with E-state index in [4.69, 9.17) is 4.74 Å². The maximum atomic E-state index is 12.4. The number of amides is 2. The van der Waals surface area contributed by atoms with Gasteiger partial charge in [-0.15, -0.1) is 5.10 Å². The summed E-state index contributed by atoms with van der Waals surface area (Å²) >= 11 is 0. The number of fused-ring (bicyclic) bond motifs is 1. The predicted octanol–water partition coefficient (Wildman–Crippen LogP) is 1.52. The topological polar surface area (TPSA) is 109 Å².